The van der Waals surface area contributed by atoms with E-state index in [1.54, 1.807) is 17.4 Å². The van der Waals surface area contributed by atoms with Gasteiger partial charge in [-0.25, -0.2) is 4.98 Å². The van der Waals surface area contributed by atoms with E-state index in [1.807, 2.05) is 25.4 Å². The lowest BCUT2D eigenvalue weighted by molar-refractivity contribution is 0.102. The van der Waals surface area contributed by atoms with Gasteiger partial charge in [-0.2, -0.15) is 4.98 Å². The van der Waals surface area contributed by atoms with E-state index in [0.29, 0.717) is 16.8 Å². The minimum Gasteiger partial charge on any atom is -0.431 e. The third-order valence-corrected chi connectivity index (χ3v) is 6.52. The molecule has 0 radical (unpaired) electrons. The number of hydrogen-bond acceptors (Lipinski definition) is 8. The maximum atomic E-state index is 12.3. The van der Waals surface area contributed by atoms with Gasteiger partial charge in [-0.05, 0) is 37.6 Å². The van der Waals surface area contributed by atoms with E-state index in [2.05, 4.69) is 25.5 Å². The molecule has 1 aliphatic rings. The maximum absolute atomic E-state index is 12.3. The molecule has 1 fully saturated rings. The van der Waals surface area contributed by atoms with Crippen LogP contribution >= 0.6 is 22.9 Å². The van der Waals surface area contributed by atoms with Gasteiger partial charge in [0.05, 0.1) is 22.1 Å². The van der Waals surface area contributed by atoms with E-state index in [-0.39, 0.29) is 11.7 Å². The molecule has 0 unspecified atom stereocenters. The lowest BCUT2D eigenvalue weighted by atomic mass is 10.1. The largest absolute Gasteiger partial charge is 0.431 e. The number of hydrogen-bond donors (Lipinski definition) is 3. The lowest BCUT2D eigenvalue weighted by Crippen LogP contribution is -2.40. The number of aromatic nitrogens is 2. The molecule has 1 aliphatic heterocycles. The van der Waals surface area contributed by atoms with Crippen molar-refractivity contribution in [3.8, 4) is 10.4 Å². The highest BCUT2D eigenvalue weighted by Crippen LogP contribution is 2.32. The maximum Gasteiger partial charge on any atom is 0.292 e. The fourth-order valence-corrected chi connectivity index (χ4v) is 4.56. The highest BCUT2D eigenvalue weighted by molar-refractivity contribution is 7.15. The summed E-state index contributed by atoms with van der Waals surface area (Å²) in [6.07, 6.45) is 5.39. The molecule has 30 heavy (non-hydrogen) atoms. The van der Waals surface area contributed by atoms with Crippen molar-refractivity contribution in [3.63, 3.8) is 0 Å². The zero-order valence-corrected chi connectivity index (χ0v) is 18.1. The number of halogens is 1. The first kappa shape index (κ1) is 20.8. The van der Waals surface area contributed by atoms with Crippen LogP contribution in [0, 0.1) is 0 Å². The molecule has 3 heterocycles. The normalized spacial score (nSPS) is 15.4. The molecule has 0 spiro atoms. The van der Waals surface area contributed by atoms with Crippen LogP contribution in [0.25, 0.3) is 10.4 Å². The molecular formula is C20H23ClN6O2S. The molecule has 0 bridgehead atoms. The smallest absolute Gasteiger partial charge is 0.292 e. The number of thiazole rings is 1. The molecule has 8 nitrogen and oxygen atoms in total. The quantitative estimate of drug-likeness (QED) is 0.531. The molecule has 1 aromatic carbocycles. The van der Waals surface area contributed by atoms with E-state index in [0.717, 1.165) is 47.9 Å². The Labute approximate surface area is 183 Å². The Bertz CT molecular complexity index is 1030. The van der Waals surface area contributed by atoms with Crippen LogP contribution in [-0.2, 0) is 6.54 Å². The van der Waals surface area contributed by atoms with Crippen molar-refractivity contribution in [1.82, 2.24) is 20.2 Å². The number of piperidine rings is 1. The van der Waals surface area contributed by atoms with Crippen molar-refractivity contribution < 1.29 is 9.21 Å². The molecule has 10 heteroatoms. The van der Waals surface area contributed by atoms with Gasteiger partial charge in [-0.15, -0.1) is 11.3 Å². The molecule has 4 rings (SSSR count). The number of anilines is 2. The molecule has 4 N–H and O–H groups in total. The molecule has 0 aliphatic carbocycles. The summed E-state index contributed by atoms with van der Waals surface area (Å²) in [4.78, 5) is 24.2. The minimum atomic E-state index is -0.440. The predicted octanol–water partition coefficient (Wildman–Crippen LogP) is 3.47. The van der Waals surface area contributed by atoms with E-state index >= 15 is 0 Å². The van der Waals surface area contributed by atoms with Gasteiger partial charge in [0, 0.05) is 25.3 Å². The first-order chi connectivity index (χ1) is 14.5. The molecule has 1 saturated heterocycles. The number of rotatable bonds is 6. The number of likely N-dealkylation sites (tertiary alicyclic amines) is 1. The number of nitrogens with zero attached hydrogens (tertiary/aromatic N) is 3. The van der Waals surface area contributed by atoms with Crippen molar-refractivity contribution in [2.45, 2.75) is 25.4 Å². The second kappa shape index (κ2) is 9.13. The van der Waals surface area contributed by atoms with Gasteiger partial charge in [0.2, 0.25) is 0 Å². The molecular weight excluding hydrogens is 424 g/mol. The molecule has 3 aromatic rings. The van der Waals surface area contributed by atoms with Gasteiger partial charge >= 0.3 is 0 Å². The van der Waals surface area contributed by atoms with Crippen molar-refractivity contribution in [1.29, 1.82) is 0 Å². The third kappa shape index (κ3) is 4.81. The minimum absolute atomic E-state index is 0.0626. The fraction of sp³-hybridized carbons (Fsp3) is 0.350. The predicted molar refractivity (Wildman–Crippen MR) is 119 cm³/mol. The van der Waals surface area contributed by atoms with Crippen molar-refractivity contribution in [3.05, 3.63) is 46.4 Å². The van der Waals surface area contributed by atoms with Crippen LogP contribution in [0.1, 0.15) is 28.3 Å². The highest BCUT2D eigenvalue weighted by Gasteiger charge is 2.19. The Morgan fingerprint density at radius 3 is 2.90 bits per heavy atom. The van der Waals surface area contributed by atoms with Gasteiger partial charge < -0.3 is 20.8 Å². The van der Waals surface area contributed by atoms with Crippen LogP contribution in [0.15, 0.2) is 35.1 Å². The van der Waals surface area contributed by atoms with Crippen LogP contribution in [0.4, 0.5) is 11.7 Å². The summed E-state index contributed by atoms with van der Waals surface area (Å²) in [5.74, 6) is -0.440. The van der Waals surface area contributed by atoms with Crippen LogP contribution in [0.5, 0.6) is 0 Å². The zero-order valence-electron chi connectivity index (χ0n) is 16.5. The van der Waals surface area contributed by atoms with Gasteiger partial charge in [0.1, 0.15) is 11.3 Å². The summed E-state index contributed by atoms with van der Waals surface area (Å²) in [5, 5.41) is 7.61. The summed E-state index contributed by atoms with van der Waals surface area (Å²) >= 11 is 7.92. The summed E-state index contributed by atoms with van der Waals surface area (Å²) in [5.41, 5.74) is 6.95. The Morgan fingerprint density at radius 2 is 2.20 bits per heavy atom. The van der Waals surface area contributed by atoms with Crippen LogP contribution in [-0.4, -0.2) is 47.0 Å². The van der Waals surface area contributed by atoms with Crippen LogP contribution < -0.4 is 16.4 Å². The molecule has 0 atom stereocenters. The van der Waals surface area contributed by atoms with Gasteiger partial charge in [0.15, 0.2) is 5.69 Å². The number of benzene rings is 1. The summed E-state index contributed by atoms with van der Waals surface area (Å²) < 4.78 is 4.88. The average Bonchev–Trinajstić information content (AvgIpc) is 3.39. The number of nitrogens with two attached hydrogens (primary N) is 1. The van der Waals surface area contributed by atoms with Crippen LogP contribution in [0.2, 0.25) is 5.02 Å². The fourth-order valence-electron chi connectivity index (χ4n) is 3.44. The van der Waals surface area contributed by atoms with Crippen molar-refractivity contribution in [2.75, 3.05) is 31.2 Å². The van der Waals surface area contributed by atoms with E-state index < -0.39 is 5.91 Å². The third-order valence-electron chi connectivity index (χ3n) is 5.16. The van der Waals surface area contributed by atoms with Gasteiger partial charge in [0.25, 0.3) is 11.9 Å². The first-order valence-corrected chi connectivity index (χ1v) is 10.9. The standard InChI is InChI=1S/C20H23ClN6O2S/c1-23-13-4-6-27(7-5-13)10-18-24-9-17(30-18)12-2-3-14(21)15(8-12)25-19(28)16-11-29-20(22)26-16/h2-3,8-9,11,13,23H,4-7,10H2,1H3,(H2,22,26)(H,25,28). The number of carbonyl (C=O) groups excluding carboxylic acids is 1. The van der Waals surface area contributed by atoms with E-state index in [4.69, 9.17) is 21.8 Å². The summed E-state index contributed by atoms with van der Waals surface area (Å²) in [7, 11) is 2.03. The van der Waals surface area contributed by atoms with Crippen LogP contribution in [0.3, 0.4) is 0 Å². The monoisotopic (exact) mass is 446 g/mol. The SMILES string of the molecule is CNC1CCN(Cc2ncc(-c3ccc(Cl)c(NC(=O)c4coc(N)n4)c3)s2)CC1. The number of amides is 1. The first-order valence-electron chi connectivity index (χ1n) is 9.68. The second-order valence-corrected chi connectivity index (χ2v) is 8.70. The summed E-state index contributed by atoms with van der Waals surface area (Å²) in [6, 6.07) is 6.06. The Balaban J connectivity index is 1.44. The highest BCUT2D eigenvalue weighted by atomic mass is 35.5. The van der Waals surface area contributed by atoms with E-state index in [9.17, 15) is 4.79 Å². The Hall–Kier alpha value is -2.46. The molecule has 1 amide bonds. The molecule has 0 saturated carbocycles. The van der Waals surface area contributed by atoms with Gasteiger partial charge in [-0.1, -0.05) is 17.7 Å². The van der Waals surface area contributed by atoms with Crippen molar-refractivity contribution >= 4 is 40.5 Å². The molecule has 2 aromatic heterocycles. The zero-order chi connectivity index (χ0) is 21.1. The van der Waals surface area contributed by atoms with Gasteiger partial charge in [-0.3, -0.25) is 9.69 Å². The molecule has 158 valence electrons. The number of carbonyl (C=O) groups is 1. The van der Waals surface area contributed by atoms with E-state index in [1.165, 1.54) is 6.26 Å². The Morgan fingerprint density at radius 1 is 1.40 bits per heavy atom. The van der Waals surface area contributed by atoms with Crippen molar-refractivity contribution in [2.24, 2.45) is 0 Å². The second-order valence-electron chi connectivity index (χ2n) is 7.18. The lowest BCUT2D eigenvalue weighted by Gasteiger charge is -2.31. The topological polar surface area (TPSA) is 109 Å². The number of nitrogens with one attached hydrogen (secondary N) is 2. The average molecular weight is 447 g/mol. The number of nitrogen functional groups attached to an aromatic ring is 1. The number of oxazole rings is 1. The summed E-state index contributed by atoms with van der Waals surface area (Å²) in [6.45, 7) is 3.00. The Kier molecular flexibility index (Phi) is 6.33.